The van der Waals surface area contributed by atoms with Crippen LogP contribution in [-0.2, 0) is 14.3 Å². The first-order valence-electron chi connectivity index (χ1n) is 7.58. The van der Waals surface area contributed by atoms with Crippen molar-refractivity contribution in [3.8, 4) is 5.75 Å². The van der Waals surface area contributed by atoms with Crippen LogP contribution in [0.15, 0.2) is 36.4 Å². The summed E-state index contributed by atoms with van der Waals surface area (Å²) >= 11 is 7.04. The molecule has 1 heterocycles. The average molecular weight is 392 g/mol. The fourth-order valence-electron chi connectivity index (χ4n) is 2.14. The van der Waals surface area contributed by atoms with Crippen LogP contribution in [0, 0.1) is 6.92 Å². The molecule has 0 spiro atoms. The van der Waals surface area contributed by atoms with Gasteiger partial charge in [-0.05, 0) is 36.8 Å². The first kappa shape index (κ1) is 18.1. The molecule has 0 unspecified atom stereocenters. The molecule has 0 aliphatic rings. The molecule has 1 aromatic heterocycles. The number of aromatic nitrogens is 2. The van der Waals surface area contributed by atoms with E-state index < -0.39 is 18.5 Å². The van der Waals surface area contributed by atoms with E-state index in [2.05, 4.69) is 14.1 Å². The number of carbonyl (C=O) groups is 2. The number of hydrogen-bond acceptors (Lipinski definition) is 7. The Bertz CT molecular complexity index is 960. The van der Waals surface area contributed by atoms with Crippen LogP contribution in [0.25, 0.3) is 11.0 Å². The molecule has 7 nitrogen and oxygen atoms in total. The van der Waals surface area contributed by atoms with Gasteiger partial charge in [-0.2, -0.15) is 8.75 Å². The second-order valence-electron chi connectivity index (χ2n) is 5.37. The summed E-state index contributed by atoms with van der Waals surface area (Å²) in [6, 6.07) is 10.5. The van der Waals surface area contributed by atoms with E-state index in [1.54, 1.807) is 30.3 Å². The van der Waals surface area contributed by atoms with Gasteiger partial charge in [0.15, 0.2) is 13.2 Å². The van der Waals surface area contributed by atoms with Crippen LogP contribution in [-0.4, -0.2) is 33.8 Å². The minimum atomic E-state index is -0.675. The van der Waals surface area contributed by atoms with Crippen LogP contribution in [0.5, 0.6) is 5.75 Å². The molecule has 0 radical (unpaired) electrons. The zero-order valence-electron chi connectivity index (χ0n) is 13.7. The third-order valence-corrected chi connectivity index (χ3v) is 4.21. The summed E-state index contributed by atoms with van der Waals surface area (Å²) in [4.78, 5) is 23.7. The molecule has 1 N–H and O–H groups in total. The highest BCUT2D eigenvalue weighted by molar-refractivity contribution is 7.00. The Hall–Kier alpha value is -2.71. The molecule has 26 heavy (non-hydrogen) atoms. The largest absolute Gasteiger partial charge is 0.480 e. The van der Waals surface area contributed by atoms with Crippen LogP contribution in [0.4, 0.5) is 5.69 Å². The first-order chi connectivity index (χ1) is 12.5. The number of ether oxygens (including phenoxy) is 2. The number of rotatable bonds is 6. The molecule has 0 atom stereocenters. The topological polar surface area (TPSA) is 90.4 Å². The van der Waals surface area contributed by atoms with Crippen molar-refractivity contribution < 1.29 is 19.1 Å². The predicted octanol–water partition coefficient (Wildman–Crippen LogP) is 3.21. The summed E-state index contributed by atoms with van der Waals surface area (Å²) < 4.78 is 18.4. The highest BCUT2D eigenvalue weighted by Gasteiger charge is 2.12. The summed E-state index contributed by atoms with van der Waals surface area (Å²) in [5, 5.41) is 3.04. The number of nitrogens with zero attached hydrogens (tertiary/aromatic N) is 2. The van der Waals surface area contributed by atoms with Gasteiger partial charge in [0, 0.05) is 0 Å². The standard InChI is InChI=1S/C17H14ClN3O4S/c1-10-5-6-11(18)14(7-10)24-9-16(23)25-8-15(22)19-12-3-2-4-13-17(12)21-26-20-13/h2-7H,8-9H2,1H3,(H,19,22). The molecule has 0 fully saturated rings. The van der Waals surface area contributed by atoms with Crippen molar-refractivity contribution in [2.45, 2.75) is 6.92 Å². The van der Waals surface area contributed by atoms with Gasteiger partial charge < -0.3 is 14.8 Å². The van der Waals surface area contributed by atoms with E-state index in [9.17, 15) is 9.59 Å². The second kappa shape index (κ2) is 8.11. The van der Waals surface area contributed by atoms with Gasteiger partial charge in [0.2, 0.25) is 0 Å². The number of anilines is 1. The molecule has 134 valence electrons. The van der Waals surface area contributed by atoms with E-state index in [0.717, 1.165) is 17.3 Å². The third kappa shape index (κ3) is 4.47. The van der Waals surface area contributed by atoms with Gasteiger partial charge in [0.25, 0.3) is 5.91 Å². The number of fused-ring (bicyclic) bond motifs is 1. The lowest BCUT2D eigenvalue weighted by Crippen LogP contribution is -2.23. The monoisotopic (exact) mass is 391 g/mol. The number of benzene rings is 2. The summed E-state index contributed by atoms with van der Waals surface area (Å²) in [7, 11) is 0. The summed E-state index contributed by atoms with van der Waals surface area (Å²) in [6.45, 7) is 1.10. The maximum atomic E-state index is 12.0. The SMILES string of the molecule is Cc1ccc(Cl)c(OCC(=O)OCC(=O)Nc2cccc3nsnc23)c1. The number of hydrogen-bond donors (Lipinski definition) is 1. The number of nitrogens with one attached hydrogen (secondary N) is 1. The molecular formula is C17H14ClN3O4S. The van der Waals surface area contributed by atoms with Crippen molar-refractivity contribution in [3.05, 3.63) is 47.0 Å². The Balaban J connectivity index is 1.49. The molecule has 2 aromatic carbocycles. The Morgan fingerprint density at radius 1 is 1.19 bits per heavy atom. The minimum absolute atomic E-state index is 0.345. The molecule has 0 saturated carbocycles. The van der Waals surface area contributed by atoms with Gasteiger partial charge in [0.05, 0.1) is 22.4 Å². The van der Waals surface area contributed by atoms with Gasteiger partial charge in [-0.15, -0.1) is 0 Å². The summed E-state index contributed by atoms with van der Waals surface area (Å²) in [5.74, 6) is -0.769. The number of esters is 1. The first-order valence-corrected chi connectivity index (χ1v) is 8.69. The van der Waals surface area contributed by atoms with E-state index >= 15 is 0 Å². The molecule has 1 amide bonds. The molecule has 9 heteroatoms. The molecular weight excluding hydrogens is 378 g/mol. The van der Waals surface area contributed by atoms with Crippen LogP contribution < -0.4 is 10.1 Å². The maximum Gasteiger partial charge on any atom is 0.344 e. The number of amides is 1. The van der Waals surface area contributed by atoms with Gasteiger partial charge in [0.1, 0.15) is 16.8 Å². The lowest BCUT2D eigenvalue weighted by atomic mass is 10.2. The summed E-state index contributed by atoms with van der Waals surface area (Å²) in [5.41, 5.74) is 2.74. The molecule has 0 bridgehead atoms. The normalized spacial score (nSPS) is 10.5. The van der Waals surface area contributed by atoms with Crippen molar-refractivity contribution in [3.63, 3.8) is 0 Å². The highest BCUT2D eigenvalue weighted by atomic mass is 35.5. The molecule has 0 aliphatic carbocycles. The average Bonchev–Trinajstić information content (AvgIpc) is 3.10. The van der Waals surface area contributed by atoms with E-state index in [1.165, 1.54) is 0 Å². The van der Waals surface area contributed by atoms with E-state index in [0.29, 0.717) is 27.5 Å². The summed E-state index contributed by atoms with van der Waals surface area (Å²) in [6.07, 6.45) is 0. The zero-order chi connectivity index (χ0) is 18.5. The van der Waals surface area contributed by atoms with E-state index in [4.69, 9.17) is 21.1 Å². The van der Waals surface area contributed by atoms with Gasteiger partial charge in [-0.1, -0.05) is 23.7 Å². The van der Waals surface area contributed by atoms with Gasteiger partial charge >= 0.3 is 5.97 Å². The molecule has 3 rings (SSSR count). The van der Waals surface area contributed by atoms with Crippen LogP contribution in [0.3, 0.4) is 0 Å². The van der Waals surface area contributed by atoms with Crippen LogP contribution in [0.2, 0.25) is 5.02 Å². The smallest absolute Gasteiger partial charge is 0.344 e. The van der Waals surface area contributed by atoms with Crippen molar-refractivity contribution in [1.29, 1.82) is 0 Å². The zero-order valence-corrected chi connectivity index (χ0v) is 15.3. The van der Waals surface area contributed by atoms with E-state index in [1.807, 2.05) is 13.0 Å². The van der Waals surface area contributed by atoms with Crippen molar-refractivity contribution in [2.75, 3.05) is 18.5 Å². The number of carbonyl (C=O) groups excluding carboxylic acids is 2. The Morgan fingerprint density at radius 2 is 2.04 bits per heavy atom. The lowest BCUT2D eigenvalue weighted by Gasteiger charge is -2.09. The Labute approximate surface area is 158 Å². The number of aryl methyl sites for hydroxylation is 1. The molecule has 3 aromatic rings. The molecule has 0 aliphatic heterocycles. The minimum Gasteiger partial charge on any atom is -0.480 e. The van der Waals surface area contributed by atoms with Crippen molar-refractivity contribution in [1.82, 2.24) is 8.75 Å². The van der Waals surface area contributed by atoms with Crippen LogP contribution in [0.1, 0.15) is 5.56 Å². The van der Waals surface area contributed by atoms with Crippen molar-refractivity contribution in [2.24, 2.45) is 0 Å². The maximum absolute atomic E-state index is 12.0. The van der Waals surface area contributed by atoms with Gasteiger partial charge in [-0.25, -0.2) is 4.79 Å². The van der Waals surface area contributed by atoms with E-state index in [-0.39, 0.29) is 6.61 Å². The predicted molar refractivity (Wildman–Crippen MR) is 98.7 cm³/mol. The van der Waals surface area contributed by atoms with Crippen LogP contribution >= 0.6 is 23.3 Å². The number of halogens is 1. The fourth-order valence-corrected chi connectivity index (χ4v) is 2.86. The quantitative estimate of drug-likeness (QED) is 0.649. The van der Waals surface area contributed by atoms with Crippen molar-refractivity contribution >= 4 is 51.9 Å². The second-order valence-corrected chi connectivity index (χ2v) is 6.30. The lowest BCUT2D eigenvalue weighted by molar-refractivity contribution is -0.149. The third-order valence-electron chi connectivity index (χ3n) is 3.36. The van der Waals surface area contributed by atoms with Gasteiger partial charge in [-0.3, -0.25) is 4.79 Å². The highest BCUT2D eigenvalue weighted by Crippen LogP contribution is 2.25. The molecule has 0 saturated heterocycles. The Kier molecular flexibility index (Phi) is 5.65. The fraction of sp³-hybridized carbons (Fsp3) is 0.176. The Morgan fingerprint density at radius 3 is 2.88 bits per heavy atom.